The predicted molar refractivity (Wildman–Crippen MR) is 124 cm³/mol. The third-order valence-electron chi connectivity index (χ3n) is 5.70. The van der Waals surface area contributed by atoms with E-state index in [0.29, 0.717) is 20.6 Å². The zero-order valence-corrected chi connectivity index (χ0v) is 20.5. The van der Waals surface area contributed by atoms with E-state index in [-0.39, 0.29) is 10.3 Å². The van der Waals surface area contributed by atoms with Crippen LogP contribution in [0.2, 0.25) is 0 Å². The highest BCUT2D eigenvalue weighted by molar-refractivity contribution is 9.11. The molecule has 1 N–H and O–H groups in total. The molecule has 4 rings (SSSR count). The minimum Gasteiger partial charge on any atom is -0.461 e. The fraction of sp³-hybridized carbons (Fsp3) is 0.364. The van der Waals surface area contributed by atoms with Gasteiger partial charge in [-0.25, -0.2) is 8.42 Å². The second-order valence-electron chi connectivity index (χ2n) is 8.70. The van der Waals surface area contributed by atoms with Crippen LogP contribution in [0.4, 0.5) is 5.69 Å². The van der Waals surface area contributed by atoms with Crippen LogP contribution >= 0.6 is 31.9 Å². The molecule has 0 saturated carbocycles. The van der Waals surface area contributed by atoms with Crippen molar-refractivity contribution in [2.45, 2.75) is 44.9 Å². The number of hydrogen-bond acceptors (Lipinski definition) is 3. The summed E-state index contributed by atoms with van der Waals surface area (Å²) in [5.74, 6) is 1.61. The lowest BCUT2D eigenvalue weighted by Gasteiger charge is -2.33. The second-order valence-corrected chi connectivity index (χ2v) is 12.1. The molecular formula is C22H23Br2NO3S. The van der Waals surface area contributed by atoms with E-state index in [4.69, 9.17) is 4.42 Å². The molecule has 1 heterocycles. The van der Waals surface area contributed by atoms with E-state index in [0.717, 1.165) is 36.0 Å². The van der Waals surface area contributed by atoms with Gasteiger partial charge in [-0.2, -0.15) is 0 Å². The molecule has 0 amide bonds. The number of fused-ring (bicyclic) bond motifs is 3. The number of furan rings is 1. The molecule has 1 aromatic heterocycles. The van der Waals surface area contributed by atoms with Gasteiger partial charge in [0, 0.05) is 32.0 Å². The zero-order chi connectivity index (χ0) is 21.0. The monoisotopic (exact) mass is 539 g/mol. The number of nitrogens with one attached hydrogen (secondary N) is 1. The van der Waals surface area contributed by atoms with Gasteiger partial charge in [0.15, 0.2) is 0 Å². The number of anilines is 1. The molecule has 29 heavy (non-hydrogen) atoms. The van der Waals surface area contributed by atoms with E-state index in [9.17, 15) is 8.42 Å². The topological polar surface area (TPSA) is 59.3 Å². The molecule has 0 bridgehead atoms. The molecule has 0 fully saturated rings. The Hall–Kier alpha value is -1.31. The highest BCUT2D eigenvalue weighted by Gasteiger charge is 2.31. The van der Waals surface area contributed by atoms with Gasteiger partial charge in [-0.3, -0.25) is 4.72 Å². The van der Waals surface area contributed by atoms with Gasteiger partial charge < -0.3 is 4.42 Å². The van der Waals surface area contributed by atoms with Crippen LogP contribution in [0.25, 0.3) is 11.0 Å². The number of benzene rings is 2. The van der Waals surface area contributed by atoms with E-state index in [1.165, 1.54) is 5.56 Å². The smallest absolute Gasteiger partial charge is 0.263 e. The van der Waals surface area contributed by atoms with E-state index < -0.39 is 10.0 Å². The van der Waals surface area contributed by atoms with Gasteiger partial charge in [-0.1, -0.05) is 36.7 Å². The van der Waals surface area contributed by atoms with Gasteiger partial charge in [0.2, 0.25) is 0 Å². The Morgan fingerprint density at radius 2 is 1.86 bits per heavy atom. The Bertz CT molecular complexity index is 1190. The first-order valence-electron chi connectivity index (χ1n) is 9.57. The number of hydrogen-bond donors (Lipinski definition) is 1. The Balaban J connectivity index is 1.70. The van der Waals surface area contributed by atoms with Crippen molar-refractivity contribution >= 4 is 58.5 Å². The van der Waals surface area contributed by atoms with Crippen molar-refractivity contribution in [1.82, 2.24) is 0 Å². The van der Waals surface area contributed by atoms with E-state index in [1.54, 1.807) is 24.3 Å². The van der Waals surface area contributed by atoms with Crippen LogP contribution in [0.3, 0.4) is 0 Å². The molecule has 7 heteroatoms. The molecule has 0 aliphatic heterocycles. The van der Waals surface area contributed by atoms with Crippen LogP contribution in [0.5, 0.6) is 0 Å². The van der Waals surface area contributed by atoms with Crippen LogP contribution in [0.15, 0.2) is 54.7 Å². The highest BCUT2D eigenvalue weighted by Crippen LogP contribution is 2.41. The van der Waals surface area contributed by atoms with Gasteiger partial charge in [-0.05, 0) is 76.5 Å². The van der Waals surface area contributed by atoms with Gasteiger partial charge in [-0.15, -0.1) is 0 Å². The van der Waals surface area contributed by atoms with Crippen molar-refractivity contribution in [2.75, 3.05) is 4.72 Å². The third kappa shape index (κ3) is 4.14. The zero-order valence-electron chi connectivity index (χ0n) is 16.6. The summed E-state index contributed by atoms with van der Waals surface area (Å²) in [6, 6.07) is 10.6. The maximum atomic E-state index is 12.9. The van der Waals surface area contributed by atoms with Gasteiger partial charge in [0.25, 0.3) is 10.0 Å². The lowest BCUT2D eigenvalue weighted by atomic mass is 9.71. The first-order valence-corrected chi connectivity index (χ1v) is 12.6. The van der Waals surface area contributed by atoms with Gasteiger partial charge in [0.1, 0.15) is 16.2 Å². The second kappa shape index (κ2) is 7.43. The van der Waals surface area contributed by atoms with Crippen molar-refractivity contribution < 1.29 is 12.8 Å². The van der Waals surface area contributed by atoms with Crippen molar-refractivity contribution in [3.05, 3.63) is 56.7 Å². The van der Waals surface area contributed by atoms with E-state index in [2.05, 4.69) is 57.4 Å². The normalized spacial score (nSPS) is 17.3. The first kappa shape index (κ1) is 20.9. The fourth-order valence-electron chi connectivity index (χ4n) is 3.97. The van der Waals surface area contributed by atoms with Gasteiger partial charge >= 0.3 is 0 Å². The summed E-state index contributed by atoms with van der Waals surface area (Å²) in [6.07, 6.45) is 3.00. The summed E-state index contributed by atoms with van der Waals surface area (Å²) in [5.41, 5.74) is 2.80. The molecule has 1 atom stereocenters. The van der Waals surface area contributed by atoms with E-state index >= 15 is 0 Å². The van der Waals surface area contributed by atoms with Crippen LogP contribution in [-0.2, 0) is 22.9 Å². The summed E-state index contributed by atoms with van der Waals surface area (Å²) in [4.78, 5) is 0.189. The predicted octanol–water partition coefficient (Wildman–Crippen LogP) is 6.91. The summed E-state index contributed by atoms with van der Waals surface area (Å²) < 4.78 is 35.9. The molecule has 154 valence electrons. The van der Waals surface area contributed by atoms with Crippen LogP contribution in [-0.4, -0.2) is 8.42 Å². The molecule has 1 aliphatic carbocycles. The summed E-state index contributed by atoms with van der Waals surface area (Å²) in [7, 11) is -3.73. The Morgan fingerprint density at radius 3 is 2.59 bits per heavy atom. The summed E-state index contributed by atoms with van der Waals surface area (Å²) >= 11 is 6.67. The number of sulfonamides is 1. The van der Waals surface area contributed by atoms with Crippen molar-refractivity contribution in [2.24, 2.45) is 11.3 Å². The van der Waals surface area contributed by atoms with Crippen molar-refractivity contribution in [3.8, 4) is 0 Å². The Morgan fingerprint density at radius 1 is 1.10 bits per heavy atom. The Labute approximate surface area is 188 Å². The molecular weight excluding hydrogens is 518 g/mol. The standard InChI is InChI=1S/C22H23Br2NO3S/c1-22(2,3)13-4-8-19-16(10-13)17-12-15(6-9-20(17)28-19)25-29(26,27)21-11-14(23)5-7-18(21)24/h5-7,9,11-13,25H,4,8,10H2,1-3H3. The molecule has 0 spiro atoms. The Kier molecular flexibility index (Phi) is 5.37. The van der Waals surface area contributed by atoms with E-state index in [1.807, 2.05) is 12.1 Å². The van der Waals surface area contributed by atoms with Gasteiger partial charge in [0.05, 0.1) is 0 Å². The lowest BCUT2D eigenvalue weighted by Crippen LogP contribution is -2.26. The molecule has 3 aromatic rings. The van der Waals surface area contributed by atoms with Crippen molar-refractivity contribution in [1.29, 1.82) is 0 Å². The largest absolute Gasteiger partial charge is 0.461 e. The first-order chi connectivity index (χ1) is 13.5. The maximum absolute atomic E-state index is 12.9. The molecule has 1 unspecified atom stereocenters. The number of halogens is 2. The van der Waals surface area contributed by atoms with Crippen LogP contribution in [0, 0.1) is 11.3 Å². The lowest BCUT2D eigenvalue weighted by molar-refractivity contribution is 0.210. The molecule has 0 saturated heterocycles. The van der Waals surface area contributed by atoms with Crippen molar-refractivity contribution in [3.63, 3.8) is 0 Å². The quantitative estimate of drug-likeness (QED) is 0.392. The minimum atomic E-state index is -3.73. The molecule has 0 radical (unpaired) electrons. The van der Waals surface area contributed by atoms with Crippen LogP contribution in [0.1, 0.15) is 38.5 Å². The highest BCUT2D eigenvalue weighted by atomic mass is 79.9. The average Bonchev–Trinajstić information content (AvgIpc) is 3.00. The summed E-state index contributed by atoms with van der Waals surface area (Å²) in [5, 5.41) is 1.00. The molecule has 4 nitrogen and oxygen atoms in total. The maximum Gasteiger partial charge on any atom is 0.263 e. The minimum absolute atomic E-state index is 0.189. The summed E-state index contributed by atoms with van der Waals surface area (Å²) in [6.45, 7) is 6.83. The molecule has 2 aromatic carbocycles. The SMILES string of the molecule is CC(C)(C)C1CCc2oc3ccc(NS(=O)(=O)c4cc(Br)ccc4Br)cc3c2C1. The molecule has 1 aliphatic rings. The number of rotatable bonds is 3. The van der Waals surface area contributed by atoms with Crippen LogP contribution < -0.4 is 4.72 Å². The number of aryl methyl sites for hydroxylation is 1. The fourth-order valence-corrected chi connectivity index (χ4v) is 6.53. The average molecular weight is 541 g/mol. The third-order valence-corrected chi connectivity index (χ3v) is 8.57.